The number of aromatic nitrogens is 2. The van der Waals surface area contributed by atoms with Crippen LogP contribution in [0.3, 0.4) is 0 Å². The van der Waals surface area contributed by atoms with Crippen LogP contribution in [-0.4, -0.2) is 94.2 Å². The quantitative estimate of drug-likeness (QED) is 0.296. The molecule has 12 nitrogen and oxygen atoms in total. The summed E-state index contributed by atoms with van der Waals surface area (Å²) < 4.78 is 12.8. The summed E-state index contributed by atoms with van der Waals surface area (Å²) in [6.45, 7) is 12.7. The first kappa shape index (κ1) is 45.3. The maximum Gasteiger partial charge on any atom is 0.410 e. The molecule has 2 fully saturated rings. The fourth-order valence-electron chi connectivity index (χ4n) is 3.45. The molecule has 0 bridgehead atoms. The fraction of sp³-hybridized carbons (Fsp3) is 0.548. The van der Waals surface area contributed by atoms with Crippen LogP contribution in [0.1, 0.15) is 63.8 Å². The van der Waals surface area contributed by atoms with Crippen molar-refractivity contribution in [2.24, 2.45) is 0 Å². The average molecular weight is 841 g/mol. The van der Waals surface area contributed by atoms with E-state index in [1.807, 2.05) is 24.3 Å². The number of rotatable bonds is 1. The molecule has 2 aliphatic heterocycles. The number of pyridine rings is 2. The number of hydrogen-bond acceptors (Lipinski definition) is 8. The second-order valence-electron chi connectivity index (χ2n) is 11.3. The van der Waals surface area contributed by atoms with Crippen LogP contribution in [-0.2, 0) is 19.1 Å². The molecule has 46 heavy (non-hydrogen) atoms. The van der Waals surface area contributed by atoms with Gasteiger partial charge in [-0.15, -0.1) is 0 Å². The van der Waals surface area contributed by atoms with Crippen molar-refractivity contribution in [1.29, 1.82) is 0 Å². The van der Waals surface area contributed by atoms with Crippen LogP contribution in [0.4, 0.5) is 15.4 Å². The molecule has 15 heteroatoms. The van der Waals surface area contributed by atoms with Gasteiger partial charge in [0.1, 0.15) is 43.9 Å². The molecule has 1 N–H and O–H groups in total. The van der Waals surface area contributed by atoms with Crippen LogP contribution in [0.5, 0.6) is 0 Å². The zero-order valence-electron chi connectivity index (χ0n) is 25.0. The van der Waals surface area contributed by atoms with Gasteiger partial charge in [0.25, 0.3) is 0 Å². The highest BCUT2D eigenvalue weighted by molar-refractivity contribution is 9.11. The molecule has 0 aromatic carbocycles. The summed E-state index contributed by atoms with van der Waals surface area (Å²) in [4.78, 5) is 59.3. The Kier molecular flexibility index (Phi) is 20.2. The molecule has 2 aromatic rings. The average Bonchev–Trinajstić information content (AvgIpc) is 2.87. The van der Waals surface area contributed by atoms with Gasteiger partial charge in [-0.2, -0.15) is 0 Å². The fourth-order valence-corrected chi connectivity index (χ4v) is 4.71. The van der Waals surface area contributed by atoms with E-state index in [0.29, 0.717) is 36.6 Å². The molecule has 2 aromatic heterocycles. The van der Waals surface area contributed by atoms with Gasteiger partial charge in [0, 0.05) is 26.2 Å². The number of carbonyl (C=O) groups excluding carboxylic acids is 4. The van der Waals surface area contributed by atoms with Crippen molar-refractivity contribution < 1.29 is 28.7 Å². The van der Waals surface area contributed by atoms with Crippen LogP contribution >= 0.6 is 47.8 Å². The third-order valence-corrected chi connectivity index (χ3v) is 6.55. The number of anilines is 1. The molecule has 0 radical (unpaired) electrons. The Balaban J connectivity index is 0. The van der Waals surface area contributed by atoms with E-state index >= 15 is 0 Å². The van der Waals surface area contributed by atoms with Gasteiger partial charge in [-0.05, 0) is 114 Å². The summed E-state index contributed by atoms with van der Waals surface area (Å²) in [7, 11) is 0. The minimum atomic E-state index is -0.566. The van der Waals surface area contributed by atoms with Crippen molar-refractivity contribution >= 4 is 77.6 Å². The molecular formula is C31H49Br3N6O6. The largest absolute Gasteiger partial charge is 0.444 e. The molecule has 0 spiro atoms. The van der Waals surface area contributed by atoms with Crippen LogP contribution in [0.15, 0.2) is 50.2 Å². The lowest BCUT2D eigenvalue weighted by Crippen LogP contribution is -2.53. The maximum atomic E-state index is 12.2. The predicted molar refractivity (Wildman–Crippen MR) is 193 cm³/mol. The Morgan fingerprint density at radius 3 is 1.57 bits per heavy atom. The van der Waals surface area contributed by atoms with Crippen molar-refractivity contribution in [3.05, 3.63) is 50.2 Å². The summed E-state index contributed by atoms with van der Waals surface area (Å²) in [5, 5.41) is 2.64. The number of nitrogens with zero attached hydrogens (tertiary/aromatic N) is 5. The van der Waals surface area contributed by atoms with E-state index < -0.39 is 23.4 Å². The van der Waals surface area contributed by atoms with Gasteiger partial charge in [0.2, 0.25) is 11.8 Å². The number of hydrogen-bond donors (Lipinski definition) is 1. The van der Waals surface area contributed by atoms with Gasteiger partial charge in [-0.25, -0.2) is 19.6 Å². The molecule has 4 rings (SSSR count). The Morgan fingerprint density at radius 2 is 1.17 bits per heavy atom. The normalized spacial score (nSPS) is 14.3. The predicted octanol–water partition coefficient (Wildman–Crippen LogP) is 7.30. The molecule has 0 atom stereocenters. The first-order valence-corrected chi connectivity index (χ1v) is 15.7. The van der Waals surface area contributed by atoms with E-state index in [4.69, 9.17) is 9.47 Å². The van der Waals surface area contributed by atoms with Gasteiger partial charge in [0.05, 0.1) is 0 Å². The van der Waals surface area contributed by atoms with E-state index in [0.717, 1.165) is 9.21 Å². The van der Waals surface area contributed by atoms with Crippen molar-refractivity contribution in [2.45, 2.75) is 75.0 Å². The highest BCUT2D eigenvalue weighted by atomic mass is 79.9. The summed E-state index contributed by atoms with van der Waals surface area (Å²) in [5.41, 5.74) is -1.08. The van der Waals surface area contributed by atoms with Crippen molar-refractivity contribution in [3.8, 4) is 0 Å². The molecule has 260 valence electrons. The monoisotopic (exact) mass is 838 g/mol. The van der Waals surface area contributed by atoms with E-state index in [9.17, 15) is 19.2 Å². The number of amides is 4. The van der Waals surface area contributed by atoms with Gasteiger partial charge in [-0.3, -0.25) is 24.3 Å². The minimum Gasteiger partial charge on any atom is -0.444 e. The van der Waals surface area contributed by atoms with Crippen molar-refractivity contribution in [2.75, 3.05) is 44.2 Å². The zero-order valence-corrected chi connectivity index (χ0v) is 29.8. The van der Waals surface area contributed by atoms with Crippen molar-refractivity contribution in [1.82, 2.24) is 25.1 Å². The Hall–Kier alpha value is -2.78. The molecule has 4 amide bonds. The molecular weight excluding hydrogens is 792 g/mol. The summed E-state index contributed by atoms with van der Waals surface area (Å²) in [6.07, 6.45) is -0.884. The first-order chi connectivity index (χ1) is 19.9. The Morgan fingerprint density at radius 1 is 0.717 bits per heavy atom. The molecule has 4 heterocycles. The van der Waals surface area contributed by atoms with Gasteiger partial charge in [0.15, 0.2) is 0 Å². The number of carbonyl (C=O) groups is 4. The topological polar surface area (TPSA) is 134 Å². The van der Waals surface area contributed by atoms with Crippen molar-refractivity contribution in [3.63, 3.8) is 0 Å². The maximum absolute atomic E-state index is 12.2. The van der Waals surface area contributed by atoms with Gasteiger partial charge in [-0.1, -0.05) is 34.4 Å². The third-order valence-electron chi connectivity index (χ3n) is 5.22. The minimum absolute atomic E-state index is 0. The second kappa shape index (κ2) is 20.5. The van der Waals surface area contributed by atoms with Crippen LogP contribution in [0.25, 0.3) is 0 Å². The molecule has 2 aliphatic rings. The Labute approximate surface area is 299 Å². The SMILES string of the molecule is Brc1cccc(Br)n1.C.C.C.CC(C)(C)OC(=O)N1CCN(c2cccc(Br)n2)C(=O)C1.CC(C)(C)OC(=O)N1CCNC(=O)C1. The number of ether oxygens (including phenoxy) is 2. The van der Waals surface area contributed by atoms with Gasteiger partial charge >= 0.3 is 12.2 Å². The number of nitrogens with one attached hydrogen (secondary N) is 1. The highest BCUT2D eigenvalue weighted by Gasteiger charge is 2.31. The third kappa shape index (κ3) is 17.2. The molecule has 0 unspecified atom stereocenters. The van der Waals surface area contributed by atoms with Crippen LogP contribution < -0.4 is 10.2 Å². The van der Waals surface area contributed by atoms with E-state index in [-0.39, 0.29) is 47.2 Å². The second-order valence-corrected chi connectivity index (χ2v) is 13.7. The van der Waals surface area contributed by atoms with Gasteiger partial charge < -0.3 is 14.8 Å². The summed E-state index contributed by atoms with van der Waals surface area (Å²) >= 11 is 9.73. The molecule has 2 saturated heterocycles. The zero-order chi connectivity index (χ0) is 32.4. The number of piperazine rings is 2. The lowest BCUT2D eigenvalue weighted by Gasteiger charge is -2.34. The smallest absolute Gasteiger partial charge is 0.410 e. The summed E-state index contributed by atoms with van der Waals surface area (Å²) in [6, 6.07) is 11.1. The lowest BCUT2D eigenvalue weighted by molar-refractivity contribution is -0.124. The number of halogens is 3. The van der Waals surface area contributed by atoms with Crippen LogP contribution in [0.2, 0.25) is 0 Å². The van der Waals surface area contributed by atoms with Crippen LogP contribution in [0, 0.1) is 0 Å². The summed E-state index contributed by atoms with van der Waals surface area (Å²) in [5.74, 6) is 0.276. The molecule has 0 aliphatic carbocycles. The first-order valence-electron chi connectivity index (χ1n) is 13.4. The van der Waals surface area contributed by atoms with E-state index in [1.165, 1.54) is 9.80 Å². The Bertz CT molecular complexity index is 1270. The lowest BCUT2D eigenvalue weighted by atomic mass is 10.2. The molecule has 0 saturated carbocycles. The standard InChI is InChI=1S/C14H18BrN3O3.C9H16N2O3.C5H3Br2N.3CH4/c1-14(2,3)21-13(20)17-7-8-18(12(19)9-17)11-6-4-5-10(15)16-11;1-9(2,3)14-8(13)11-5-4-10-7(12)6-11;6-4-2-1-3-5(7)8-4;;;/h4-6H,7-9H2,1-3H3;4-6H2,1-3H3,(H,10,12);1-3H;3*1H4. The van der Waals surface area contributed by atoms with E-state index in [2.05, 4.69) is 63.1 Å². The van der Waals surface area contributed by atoms with E-state index in [1.54, 1.807) is 58.6 Å². The highest BCUT2D eigenvalue weighted by Crippen LogP contribution is 2.19.